The minimum absolute atomic E-state index is 0.0970. The van der Waals surface area contributed by atoms with Crippen LogP contribution in [0.3, 0.4) is 0 Å². The van der Waals surface area contributed by atoms with Gasteiger partial charge in [0.2, 0.25) is 5.88 Å². The molecule has 0 saturated carbocycles. The maximum Gasteiger partial charge on any atom is 0.512 e. The van der Waals surface area contributed by atoms with Gasteiger partial charge in [0.05, 0.1) is 21.7 Å². The number of aryl methyl sites for hydroxylation is 1. The van der Waals surface area contributed by atoms with E-state index in [1.165, 1.54) is 22.7 Å². The average molecular weight is 630 g/mol. The van der Waals surface area contributed by atoms with Gasteiger partial charge in [0.1, 0.15) is 5.75 Å². The van der Waals surface area contributed by atoms with E-state index in [9.17, 15) is 14.7 Å². The highest BCUT2D eigenvalue weighted by atomic mass is 32.1. The quantitative estimate of drug-likeness (QED) is 0.129. The predicted octanol–water partition coefficient (Wildman–Crippen LogP) is 6.70. The highest BCUT2D eigenvalue weighted by Gasteiger charge is 2.26. The monoisotopic (exact) mass is 629 g/mol. The topological polar surface area (TPSA) is 117 Å². The number of hydrogen-bond acceptors (Lipinski definition) is 10. The van der Waals surface area contributed by atoms with Gasteiger partial charge in [0.15, 0.2) is 10.3 Å². The van der Waals surface area contributed by atoms with Crippen molar-refractivity contribution in [1.82, 2.24) is 9.97 Å². The molecule has 0 radical (unpaired) electrons. The third-order valence-electron chi connectivity index (χ3n) is 7.29. The second-order valence-corrected chi connectivity index (χ2v) is 12.6. The van der Waals surface area contributed by atoms with Crippen LogP contribution >= 0.6 is 22.7 Å². The number of nitrogens with zero attached hydrogens (tertiary/aromatic N) is 4. The molecular formula is C32H31N5O5S2. The SMILES string of the molecule is CN(C)c1cccc(OCCCc2sc(N3CCc4cccc(C(=O)Nc5nc6ccccc6s5)c4C3)nc2OC(=O)O)c1. The molecule has 5 aromatic rings. The fraction of sp³-hybridized carbons (Fsp3) is 0.250. The summed E-state index contributed by atoms with van der Waals surface area (Å²) in [7, 11) is 3.95. The molecule has 226 valence electrons. The smallest absolute Gasteiger partial charge is 0.494 e. The van der Waals surface area contributed by atoms with E-state index in [0.29, 0.717) is 48.4 Å². The van der Waals surface area contributed by atoms with Crippen LogP contribution in [0.15, 0.2) is 66.7 Å². The van der Waals surface area contributed by atoms with Gasteiger partial charge in [0, 0.05) is 44.5 Å². The Morgan fingerprint density at radius 1 is 1.05 bits per heavy atom. The lowest BCUT2D eigenvalue weighted by molar-refractivity contribution is 0.102. The maximum absolute atomic E-state index is 13.4. The summed E-state index contributed by atoms with van der Waals surface area (Å²) in [5.74, 6) is 0.659. The first-order chi connectivity index (χ1) is 21.3. The molecule has 1 aliphatic rings. The second kappa shape index (κ2) is 12.9. The largest absolute Gasteiger partial charge is 0.512 e. The molecule has 3 aromatic carbocycles. The molecule has 0 saturated heterocycles. The van der Waals surface area contributed by atoms with Crippen LogP contribution in [0.2, 0.25) is 0 Å². The lowest BCUT2D eigenvalue weighted by Crippen LogP contribution is -2.32. The van der Waals surface area contributed by atoms with Crippen LogP contribution in [0.5, 0.6) is 11.6 Å². The zero-order valence-electron chi connectivity index (χ0n) is 24.3. The average Bonchev–Trinajstić information content (AvgIpc) is 3.61. The van der Waals surface area contributed by atoms with Gasteiger partial charge in [-0.1, -0.05) is 53.0 Å². The summed E-state index contributed by atoms with van der Waals surface area (Å²) in [6.07, 6.45) is 0.524. The van der Waals surface area contributed by atoms with Crippen molar-refractivity contribution in [2.24, 2.45) is 0 Å². The first-order valence-electron chi connectivity index (χ1n) is 14.2. The molecule has 0 unspecified atom stereocenters. The highest BCUT2D eigenvalue weighted by molar-refractivity contribution is 7.22. The number of nitrogens with one attached hydrogen (secondary N) is 1. The molecule has 2 N–H and O–H groups in total. The van der Waals surface area contributed by atoms with Crippen LogP contribution in [0.25, 0.3) is 10.2 Å². The number of aromatic nitrogens is 2. The number of ether oxygens (including phenoxy) is 2. The van der Waals surface area contributed by atoms with Crippen LogP contribution in [-0.2, 0) is 19.4 Å². The third kappa shape index (κ3) is 6.61. The van der Waals surface area contributed by atoms with Gasteiger partial charge in [-0.2, -0.15) is 4.98 Å². The first kappa shape index (κ1) is 29.4. The first-order valence-corrected chi connectivity index (χ1v) is 15.8. The lowest BCUT2D eigenvalue weighted by atomic mass is 9.94. The summed E-state index contributed by atoms with van der Waals surface area (Å²) in [6.45, 7) is 1.60. The van der Waals surface area contributed by atoms with Crippen LogP contribution in [-0.4, -0.2) is 54.4 Å². The van der Waals surface area contributed by atoms with E-state index in [2.05, 4.69) is 20.2 Å². The van der Waals surface area contributed by atoms with E-state index in [0.717, 1.165) is 44.1 Å². The van der Waals surface area contributed by atoms with Gasteiger partial charge < -0.3 is 24.4 Å². The Labute approximate surface area is 262 Å². The van der Waals surface area contributed by atoms with E-state index in [-0.39, 0.29) is 11.8 Å². The Bertz CT molecular complexity index is 1780. The molecule has 0 aliphatic carbocycles. The molecular weight excluding hydrogens is 599 g/mol. The maximum atomic E-state index is 13.4. The van der Waals surface area contributed by atoms with Crippen LogP contribution < -0.4 is 24.6 Å². The van der Waals surface area contributed by atoms with Gasteiger partial charge in [0.25, 0.3) is 5.91 Å². The molecule has 10 nitrogen and oxygen atoms in total. The number of rotatable bonds is 10. The fourth-order valence-corrected chi connectivity index (χ4v) is 7.02. The van der Waals surface area contributed by atoms with Crippen LogP contribution in [0.1, 0.15) is 32.8 Å². The van der Waals surface area contributed by atoms with E-state index in [1.54, 1.807) is 0 Å². The number of hydrogen-bond donors (Lipinski definition) is 2. The molecule has 3 heterocycles. The second-order valence-electron chi connectivity index (χ2n) is 10.5. The Balaban J connectivity index is 1.15. The molecule has 6 rings (SSSR count). The predicted molar refractivity (Wildman–Crippen MR) is 174 cm³/mol. The summed E-state index contributed by atoms with van der Waals surface area (Å²) < 4.78 is 12.0. The summed E-state index contributed by atoms with van der Waals surface area (Å²) in [5, 5.41) is 13.5. The number of anilines is 3. The number of thiazole rings is 2. The van der Waals surface area contributed by atoms with Crippen LogP contribution in [0, 0.1) is 0 Å². The Hall–Kier alpha value is -4.68. The third-order valence-corrected chi connectivity index (χ3v) is 9.40. The van der Waals surface area contributed by atoms with Crippen molar-refractivity contribution in [2.45, 2.75) is 25.8 Å². The summed E-state index contributed by atoms with van der Waals surface area (Å²) >= 11 is 2.85. The number of para-hydroxylation sites is 1. The minimum atomic E-state index is -1.40. The Kier molecular flexibility index (Phi) is 8.62. The molecule has 0 fully saturated rings. The van der Waals surface area contributed by atoms with E-state index >= 15 is 0 Å². The molecule has 0 spiro atoms. The zero-order chi connectivity index (χ0) is 30.6. The van der Waals surface area contributed by atoms with E-state index < -0.39 is 6.16 Å². The summed E-state index contributed by atoms with van der Waals surface area (Å²) in [4.78, 5) is 38.8. The van der Waals surface area contributed by atoms with Gasteiger partial charge >= 0.3 is 6.16 Å². The molecule has 0 bridgehead atoms. The van der Waals surface area contributed by atoms with Gasteiger partial charge in [-0.3, -0.25) is 10.1 Å². The molecule has 0 atom stereocenters. The number of benzene rings is 3. The molecule has 1 aliphatic heterocycles. The zero-order valence-corrected chi connectivity index (χ0v) is 25.9. The summed E-state index contributed by atoms with van der Waals surface area (Å²) in [5.41, 5.74) is 4.50. The standard InChI is InChI=1S/C32H31N5O5S2/c1-36(2)21-9-6-10-22(18-21)41-17-7-14-27-29(42-32(39)40)35-31(44-27)37-16-15-20-8-5-11-23(24(20)19-37)28(38)34-30-33-25-12-3-4-13-26(25)43-30/h3-6,8-13,18H,7,14-17,19H2,1-2H3,(H,39,40)(H,33,34,38). The van der Waals surface area contributed by atoms with Crippen molar-refractivity contribution in [3.05, 3.63) is 88.3 Å². The van der Waals surface area contributed by atoms with Crippen molar-refractivity contribution in [3.8, 4) is 11.6 Å². The molecule has 2 aromatic heterocycles. The fourth-order valence-electron chi connectivity index (χ4n) is 5.10. The number of carbonyl (C=O) groups excluding carboxylic acids is 1. The van der Waals surface area contributed by atoms with Crippen molar-refractivity contribution in [2.75, 3.05) is 42.4 Å². The van der Waals surface area contributed by atoms with Crippen molar-refractivity contribution in [1.29, 1.82) is 0 Å². The van der Waals surface area contributed by atoms with E-state index in [1.807, 2.05) is 85.7 Å². The summed E-state index contributed by atoms with van der Waals surface area (Å²) in [6, 6.07) is 21.4. The number of carbonyl (C=O) groups is 2. The molecule has 12 heteroatoms. The van der Waals surface area contributed by atoms with Gasteiger partial charge in [-0.25, -0.2) is 9.78 Å². The van der Waals surface area contributed by atoms with E-state index in [4.69, 9.17) is 9.47 Å². The normalized spacial score (nSPS) is 12.5. The highest BCUT2D eigenvalue weighted by Crippen LogP contribution is 2.36. The number of amides is 1. The van der Waals surface area contributed by atoms with Gasteiger partial charge in [-0.05, 0) is 60.7 Å². The Morgan fingerprint density at radius 2 is 1.89 bits per heavy atom. The molecule has 44 heavy (non-hydrogen) atoms. The van der Waals surface area contributed by atoms with Crippen LogP contribution in [0.4, 0.5) is 20.7 Å². The minimum Gasteiger partial charge on any atom is -0.494 e. The van der Waals surface area contributed by atoms with Crippen molar-refractivity contribution in [3.63, 3.8) is 0 Å². The van der Waals surface area contributed by atoms with Gasteiger partial charge in [-0.15, -0.1) is 0 Å². The number of carboxylic acid groups (broad SMARTS) is 1. The molecule has 1 amide bonds. The lowest BCUT2D eigenvalue weighted by Gasteiger charge is -2.29. The number of fused-ring (bicyclic) bond motifs is 2. The Morgan fingerprint density at radius 3 is 2.70 bits per heavy atom. The van der Waals surface area contributed by atoms with Crippen molar-refractivity contribution >= 4 is 60.9 Å². The van der Waals surface area contributed by atoms with Crippen molar-refractivity contribution < 1.29 is 24.2 Å².